The molecule has 158 valence electrons. The van der Waals surface area contributed by atoms with E-state index in [-0.39, 0.29) is 17.5 Å². The average molecular weight is 418 g/mol. The number of carbonyl (C=O) groups excluding carboxylic acids is 1. The first kappa shape index (κ1) is 20.1. The van der Waals surface area contributed by atoms with Gasteiger partial charge in [0.2, 0.25) is 5.91 Å². The van der Waals surface area contributed by atoms with Crippen LogP contribution in [0.5, 0.6) is 0 Å². The number of carbonyl (C=O) groups is 1. The van der Waals surface area contributed by atoms with Crippen LogP contribution in [0.25, 0.3) is 5.65 Å². The van der Waals surface area contributed by atoms with Crippen LogP contribution in [0, 0.1) is 5.92 Å². The van der Waals surface area contributed by atoms with Crippen LogP contribution in [0.1, 0.15) is 31.2 Å². The first-order chi connectivity index (χ1) is 14.4. The van der Waals surface area contributed by atoms with E-state index in [0.29, 0.717) is 31.7 Å². The molecule has 1 amide bonds. The maximum Gasteiger partial charge on any atom is 0.453 e. The summed E-state index contributed by atoms with van der Waals surface area (Å²) in [5, 5.41) is 13.8. The zero-order valence-corrected chi connectivity index (χ0v) is 16.4. The van der Waals surface area contributed by atoms with Gasteiger partial charge in [-0.3, -0.25) is 4.79 Å². The van der Waals surface area contributed by atoms with Gasteiger partial charge < -0.3 is 10.2 Å². The van der Waals surface area contributed by atoms with E-state index in [9.17, 15) is 18.0 Å². The molecule has 0 unspecified atom stereocenters. The lowest BCUT2D eigenvalue weighted by molar-refractivity contribution is -0.146. The van der Waals surface area contributed by atoms with Crippen molar-refractivity contribution in [3.05, 3.63) is 47.8 Å². The van der Waals surface area contributed by atoms with Gasteiger partial charge in [0.05, 0.1) is 0 Å². The summed E-state index contributed by atoms with van der Waals surface area (Å²) in [7, 11) is 0. The van der Waals surface area contributed by atoms with Crippen molar-refractivity contribution >= 4 is 23.1 Å². The van der Waals surface area contributed by atoms with Gasteiger partial charge in [-0.05, 0) is 43.0 Å². The van der Waals surface area contributed by atoms with E-state index in [1.54, 1.807) is 6.07 Å². The minimum absolute atomic E-state index is 0.0304. The van der Waals surface area contributed by atoms with Crippen molar-refractivity contribution in [2.75, 3.05) is 23.3 Å². The van der Waals surface area contributed by atoms with Gasteiger partial charge in [0.1, 0.15) is 5.82 Å². The molecule has 0 saturated carbocycles. The highest BCUT2D eigenvalue weighted by Crippen LogP contribution is 2.29. The van der Waals surface area contributed by atoms with Crippen molar-refractivity contribution in [3.8, 4) is 0 Å². The van der Waals surface area contributed by atoms with Crippen molar-refractivity contribution in [2.45, 2.75) is 32.4 Å². The Morgan fingerprint density at radius 1 is 1.13 bits per heavy atom. The summed E-state index contributed by atoms with van der Waals surface area (Å²) in [6, 6.07) is 10.8. The molecule has 0 bridgehead atoms. The Hall–Kier alpha value is -3.17. The van der Waals surface area contributed by atoms with Gasteiger partial charge in [-0.2, -0.15) is 17.7 Å². The number of nitrogens with zero attached hydrogens (tertiary/aromatic N) is 5. The number of para-hydroxylation sites is 1. The van der Waals surface area contributed by atoms with Gasteiger partial charge in [0, 0.05) is 24.7 Å². The van der Waals surface area contributed by atoms with Crippen LogP contribution in [0.15, 0.2) is 36.4 Å². The van der Waals surface area contributed by atoms with E-state index in [1.807, 2.05) is 36.1 Å². The first-order valence-corrected chi connectivity index (χ1v) is 9.80. The third kappa shape index (κ3) is 3.94. The van der Waals surface area contributed by atoms with Crippen LogP contribution < -0.4 is 10.2 Å². The number of alkyl halides is 3. The number of fused-ring (bicyclic) bond motifs is 1. The van der Waals surface area contributed by atoms with E-state index >= 15 is 0 Å². The second kappa shape index (κ2) is 7.92. The van der Waals surface area contributed by atoms with Crippen molar-refractivity contribution in [1.82, 2.24) is 19.8 Å². The Labute approximate surface area is 170 Å². The number of aromatic nitrogens is 4. The Morgan fingerprint density at radius 2 is 1.87 bits per heavy atom. The van der Waals surface area contributed by atoms with Gasteiger partial charge in [0.25, 0.3) is 5.82 Å². The van der Waals surface area contributed by atoms with Crippen molar-refractivity contribution in [2.24, 2.45) is 5.92 Å². The number of aryl methyl sites for hydroxylation is 1. The highest BCUT2D eigenvalue weighted by molar-refractivity contribution is 5.93. The molecular formula is C20H21F3N6O. The van der Waals surface area contributed by atoms with E-state index in [0.717, 1.165) is 22.2 Å². The molecule has 0 radical (unpaired) electrons. The zero-order valence-electron chi connectivity index (χ0n) is 16.4. The maximum atomic E-state index is 13.1. The molecule has 2 aromatic heterocycles. The average Bonchev–Trinajstić information content (AvgIpc) is 3.18. The predicted molar refractivity (Wildman–Crippen MR) is 105 cm³/mol. The van der Waals surface area contributed by atoms with Gasteiger partial charge in [-0.1, -0.05) is 25.1 Å². The number of halogens is 3. The largest absolute Gasteiger partial charge is 0.453 e. The molecule has 1 fully saturated rings. The standard InChI is InChI=1S/C20H21F3N6O/c1-2-13-5-3-4-6-15(13)24-18(30)14-9-11-28(12-10-14)17-8-7-16-25-26-19(20(21,22)23)29(16)27-17/h3-8,14H,2,9-12H2,1H3,(H,24,30). The molecule has 1 aromatic carbocycles. The Bertz CT molecular complexity index is 1060. The molecule has 1 saturated heterocycles. The number of rotatable bonds is 4. The molecule has 10 heteroatoms. The molecule has 1 aliphatic rings. The lowest BCUT2D eigenvalue weighted by Crippen LogP contribution is -2.38. The summed E-state index contributed by atoms with van der Waals surface area (Å²) in [5.41, 5.74) is 1.94. The molecule has 0 atom stereocenters. The molecular weight excluding hydrogens is 397 g/mol. The van der Waals surface area contributed by atoms with Crippen LogP contribution in [-0.4, -0.2) is 38.8 Å². The second-order valence-corrected chi connectivity index (χ2v) is 7.24. The van der Waals surface area contributed by atoms with Crippen LogP contribution in [-0.2, 0) is 17.4 Å². The number of hydrogen-bond acceptors (Lipinski definition) is 5. The molecule has 4 rings (SSSR count). The summed E-state index contributed by atoms with van der Waals surface area (Å²) >= 11 is 0. The number of benzene rings is 1. The monoisotopic (exact) mass is 418 g/mol. The van der Waals surface area contributed by atoms with Crippen molar-refractivity contribution in [1.29, 1.82) is 0 Å². The smallest absolute Gasteiger partial charge is 0.355 e. The quantitative estimate of drug-likeness (QED) is 0.701. The topological polar surface area (TPSA) is 75.4 Å². The number of hydrogen-bond donors (Lipinski definition) is 1. The highest BCUT2D eigenvalue weighted by Gasteiger charge is 2.38. The summed E-state index contributed by atoms with van der Waals surface area (Å²) in [6.07, 6.45) is -2.63. The van der Waals surface area contributed by atoms with Gasteiger partial charge in [0.15, 0.2) is 5.65 Å². The van der Waals surface area contributed by atoms with E-state index in [1.165, 1.54) is 6.07 Å². The van der Waals surface area contributed by atoms with Gasteiger partial charge in [-0.15, -0.1) is 15.3 Å². The van der Waals surface area contributed by atoms with Crippen molar-refractivity contribution < 1.29 is 18.0 Å². The number of amides is 1. The van der Waals surface area contributed by atoms with Crippen LogP contribution in [0.4, 0.5) is 24.7 Å². The minimum Gasteiger partial charge on any atom is -0.355 e. The van der Waals surface area contributed by atoms with Gasteiger partial charge >= 0.3 is 6.18 Å². The fraction of sp³-hybridized carbons (Fsp3) is 0.400. The number of piperidine rings is 1. The maximum absolute atomic E-state index is 13.1. The Kier molecular flexibility index (Phi) is 5.31. The first-order valence-electron chi connectivity index (χ1n) is 9.80. The molecule has 1 N–H and O–H groups in total. The highest BCUT2D eigenvalue weighted by atomic mass is 19.4. The number of anilines is 2. The molecule has 7 nitrogen and oxygen atoms in total. The van der Waals surface area contributed by atoms with Gasteiger partial charge in [-0.25, -0.2) is 0 Å². The lowest BCUT2D eigenvalue weighted by atomic mass is 9.95. The summed E-state index contributed by atoms with van der Waals surface area (Å²) in [5.74, 6) is -0.932. The Morgan fingerprint density at radius 3 is 2.57 bits per heavy atom. The number of nitrogens with one attached hydrogen (secondary N) is 1. The summed E-state index contributed by atoms with van der Waals surface area (Å²) in [4.78, 5) is 14.6. The molecule has 3 heterocycles. The third-order valence-electron chi connectivity index (χ3n) is 5.35. The minimum atomic E-state index is -4.63. The molecule has 30 heavy (non-hydrogen) atoms. The second-order valence-electron chi connectivity index (χ2n) is 7.24. The Balaban J connectivity index is 1.44. The predicted octanol–water partition coefficient (Wildman–Crippen LogP) is 3.56. The lowest BCUT2D eigenvalue weighted by Gasteiger charge is -2.32. The van der Waals surface area contributed by atoms with E-state index in [4.69, 9.17) is 0 Å². The van der Waals surface area contributed by atoms with Crippen LogP contribution in [0.3, 0.4) is 0 Å². The molecule has 0 spiro atoms. The molecule has 0 aliphatic carbocycles. The fourth-order valence-electron chi connectivity index (χ4n) is 3.68. The SMILES string of the molecule is CCc1ccccc1NC(=O)C1CCN(c2ccc3nnc(C(F)(F)F)n3n2)CC1. The summed E-state index contributed by atoms with van der Waals surface area (Å²) < 4.78 is 39.9. The van der Waals surface area contributed by atoms with E-state index in [2.05, 4.69) is 20.6 Å². The fourth-order valence-corrected chi connectivity index (χ4v) is 3.68. The van der Waals surface area contributed by atoms with Crippen LogP contribution >= 0.6 is 0 Å². The summed E-state index contributed by atoms with van der Waals surface area (Å²) in [6.45, 7) is 3.08. The molecule has 3 aromatic rings. The normalized spacial score (nSPS) is 15.5. The van der Waals surface area contributed by atoms with E-state index < -0.39 is 12.0 Å². The zero-order chi connectivity index (χ0) is 21.3. The van der Waals surface area contributed by atoms with Crippen molar-refractivity contribution in [3.63, 3.8) is 0 Å². The molecule has 1 aliphatic heterocycles. The third-order valence-corrected chi connectivity index (χ3v) is 5.35. The van der Waals surface area contributed by atoms with Crippen LogP contribution in [0.2, 0.25) is 0 Å².